The van der Waals surface area contributed by atoms with Crippen LogP contribution in [0.25, 0.3) is 5.69 Å². The first kappa shape index (κ1) is 25.8. The summed E-state index contributed by atoms with van der Waals surface area (Å²) >= 11 is 0. The van der Waals surface area contributed by atoms with Crippen molar-refractivity contribution in [2.75, 3.05) is 18.4 Å². The van der Waals surface area contributed by atoms with Crippen molar-refractivity contribution in [3.63, 3.8) is 0 Å². The number of carbonyl (C=O) groups excluding carboxylic acids is 1. The number of rotatable bonds is 3. The number of likely N-dealkylation sites (tertiary alicyclic amines) is 1. The number of hydrogen-bond acceptors (Lipinski definition) is 4. The topological polar surface area (TPSA) is 113 Å². The van der Waals surface area contributed by atoms with Crippen molar-refractivity contribution < 1.29 is 27.9 Å². The lowest BCUT2D eigenvalue weighted by Gasteiger charge is -2.25. The number of urea groups is 1. The minimum absolute atomic E-state index is 0.140. The summed E-state index contributed by atoms with van der Waals surface area (Å²) in [4.78, 5) is 23.6. The highest BCUT2D eigenvalue weighted by Gasteiger charge is 2.39. The van der Waals surface area contributed by atoms with E-state index in [2.05, 4.69) is 10.4 Å². The van der Waals surface area contributed by atoms with Crippen LogP contribution in [-0.2, 0) is 10.3 Å². The molecule has 1 aliphatic heterocycles. The smallest absolute Gasteiger partial charge is 0.475 e. The van der Waals surface area contributed by atoms with E-state index < -0.39 is 17.7 Å². The van der Waals surface area contributed by atoms with Crippen molar-refractivity contribution in [2.24, 2.45) is 5.73 Å². The number of amides is 2. The first-order valence-corrected chi connectivity index (χ1v) is 10.7. The summed E-state index contributed by atoms with van der Waals surface area (Å²) in [5.74, 6) is -2.76. The van der Waals surface area contributed by atoms with Crippen LogP contribution < -0.4 is 11.1 Å². The number of nitrogens with two attached hydrogens (primary N) is 1. The Balaban J connectivity index is 0.000000429. The Labute approximate surface area is 200 Å². The van der Waals surface area contributed by atoms with E-state index >= 15 is 0 Å². The summed E-state index contributed by atoms with van der Waals surface area (Å²) in [5, 5.41) is 14.6. The number of carbonyl (C=O) groups is 2. The van der Waals surface area contributed by atoms with Gasteiger partial charge in [0.25, 0.3) is 0 Å². The van der Waals surface area contributed by atoms with E-state index in [1.165, 1.54) is 0 Å². The van der Waals surface area contributed by atoms with E-state index in [0.717, 1.165) is 34.5 Å². The van der Waals surface area contributed by atoms with Crippen molar-refractivity contribution in [1.29, 1.82) is 0 Å². The summed E-state index contributed by atoms with van der Waals surface area (Å²) in [7, 11) is 0. The summed E-state index contributed by atoms with van der Waals surface area (Å²) in [6, 6.07) is 15.8. The number of aryl methyl sites for hydroxylation is 2. The molecule has 1 fully saturated rings. The molecule has 0 saturated carbocycles. The number of carboxylic acid groups (broad SMARTS) is 1. The van der Waals surface area contributed by atoms with Crippen molar-refractivity contribution >= 4 is 17.7 Å². The minimum Gasteiger partial charge on any atom is -0.475 e. The molecule has 2 amide bonds. The fourth-order valence-corrected chi connectivity index (χ4v) is 3.70. The van der Waals surface area contributed by atoms with Gasteiger partial charge >= 0.3 is 18.2 Å². The second-order valence-electron chi connectivity index (χ2n) is 8.41. The number of nitrogens with one attached hydrogen (secondary N) is 1. The van der Waals surface area contributed by atoms with Crippen LogP contribution in [0, 0.1) is 13.8 Å². The molecular formula is C24H26F3N5O3. The van der Waals surface area contributed by atoms with Crippen LogP contribution in [0.3, 0.4) is 0 Å². The Hall–Kier alpha value is -3.86. The van der Waals surface area contributed by atoms with E-state index in [1.807, 2.05) is 68.6 Å². The predicted octanol–water partition coefficient (Wildman–Crippen LogP) is 4.21. The van der Waals surface area contributed by atoms with Gasteiger partial charge in [0.1, 0.15) is 0 Å². The van der Waals surface area contributed by atoms with Crippen molar-refractivity contribution in [2.45, 2.75) is 32.0 Å². The van der Waals surface area contributed by atoms with E-state index in [9.17, 15) is 18.0 Å². The van der Waals surface area contributed by atoms with Crippen molar-refractivity contribution in [3.8, 4) is 5.69 Å². The largest absolute Gasteiger partial charge is 0.490 e. The average Bonchev–Trinajstić information content (AvgIpc) is 3.41. The van der Waals surface area contributed by atoms with Gasteiger partial charge in [0.2, 0.25) is 0 Å². The summed E-state index contributed by atoms with van der Waals surface area (Å²) in [6.45, 7) is 5.11. The molecule has 11 heteroatoms. The number of hydrogen-bond donors (Lipinski definition) is 3. The van der Waals surface area contributed by atoms with E-state index in [1.54, 1.807) is 15.8 Å². The lowest BCUT2D eigenvalue weighted by atomic mass is 9.90. The van der Waals surface area contributed by atoms with Gasteiger partial charge in [0, 0.05) is 19.3 Å². The van der Waals surface area contributed by atoms with Crippen LogP contribution in [0.15, 0.2) is 60.9 Å². The molecule has 0 radical (unpaired) electrons. The van der Waals surface area contributed by atoms with Gasteiger partial charge in [-0.1, -0.05) is 36.4 Å². The number of halogens is 3. The second-order valence-corrected chi connectivity index (χ2v) is 8.41. The molecule has 1 aromatic heterocycles. The zero-order chi connectivity index (χ0) is 25.8. The molecular weight excluding hydrogens is 463 g/mol. The molecule has 0 spiro atoms. The van der Waals surface area contributed by atoms with E-state index in [-0.39, 0.29) is 6.03 Å². The van der Waals surface area contributed by atoms with Crippen LogP contribution in [0.1, 0.15) is 23.1 Å². The molecule has 186 valence electrons. The maximum atomic E-state index is 13.0. The van der Waals surface area contributed by atoms with Gasteiger partial charge in [0.15, 0.2) is 0 Å². The molecule has 1 unspecified atom stereocenters. The number of aromatic nitrogens is 2. The first-order chi connectivity index (χ1) is 16.4. The summed E-state index contributed by atoms with van der Waals surface area (Å²) in [5.41, 5.74) is 10.9. The molecule has 2 aromatic carbocycles. The number of carboxylic acids is 1. The predicted molar refractivity (Wildman–Crippen MR) is 124 cm³/mol. The molecule has 1 atom stereocenters. The van der Waals surface area contributed by atoms with Gasteiger partial charge in [-0.05, 0) is 49.1 Å². The molecule has 0 bridgehead atoms. The Morgan fingerprint density at radius 3 is 2.34 bits per heavy atom. The molecule has 0 aliphatic carbocycles. The second kappa shape index (κ2) is 10.2. The number of anilines is 1. The Morgan fingerprint density at radius 1 is 1.11 bits per heavy atom. The van der Waals surface area contributed by atoms with E-state index in [0.29, 0.717) is 13.1 Å². The first-order valence-electron chi connectivity index (χ1n) is 10.7. The average molecular weight is 489 g/mol. The standard InChI is InChI=1S/C22H25N5O.C2HF3O2/c1-16-8-9-20(27-14-17(2)13-24-27)19(12-16)25-21(28)26-11-10-22(23,15-26)18-6-4-3-5-7-18;3-2(4,5)1(6)7/h3-9,12-14H,10-11,15,23H2,1-2H3,(H,25,28);(H,6,7). The van der Waals surface area contributed by atoms with Crippen molar-refractivity contribution in [1.82, 2.24) is 14.7 Å². The maximum absolute atomic E-state index is 13.0. The van der Waals surface area contributed by atoms with Gasteiger partial charge in [0.05, 0.1) is 23.1 Å². The Bertz CT molecular complexity index is 1200. The summed E-state index contributed by atoms with van der Waals surface area (Å²) in [6.07, 6.45) is -0.603. The van der Waals surface area contributed by atoms with Crippen LogP contribution in [0.5, 0.6) is 0 Å². The zero-order valence-corrected chi connectivity index (χ0v) is 19.2. The molecule has 3 aromatic rings. The third-order valence-electron chi connectivity index (χ3n) is 5.53. The molecule has 4 N–H and O–H groups in total. The number of aliphatic carboxylic acids is 1. The van der Waals surface area contributed by atoms with Crippen LogP contribution >= 0.6 is 0 Å². The van der Waals surface area contributed by atoms with Crippen LogP contribution in [0.4, 0.5) is 23.7 Å². The lowest BCUT2D eigenvalue weighted by Crippen LogP contribution is -2.42. The van der Waals surface area contributed by atoms with Gasteiger partial charge in [-0.25, -0.2) is 14.3 Å². The fourth-order valence-electron chi connectivity index (χ4n) is 3.70. The minimum atomic E-state index is -5.08. The zero-order valence-electron chi connectivity index (χ0n) is 19.2. The van der Waals surface area contributed by atoms with Crippen LogP contribution in [-0.4, -0.2) is 51.1 Å². The third-order valence-corrected chi connectivity index (χ3v) is 5.53. The molecule has 1 aliphatic rings. The molecule has 1 saturated heterocycles. The van der Waals surface area contributed by atoms with Gasteiger partial charge in [-0.2, -0.15) is 18.3 Å². The van der Waals surface area contributed by atoms with E-state index in [4.69, 9.17) is 15.6 Å². The fraction of sp³-hybridized carbons (Fsp3) is 0.292. The van der Waals surface area contributed by atoms with Crippen molar-refractivity contribution in [3.05, 3.63) is 77.6 Å². The number of alkyl halides is 3. The van der Waals surface area contributed by atoms with Gasteiger partial charge < -0.3 is 21.1 Å². The highest BCUT2D eigenvalue weighted by Crippen LogP contribution is 2.30. The number of nitrogens with zero attached hydrogens (tertiary/aromatic N) is 3. The highest BCUT2D eigenvalue weighted by atomic mass is 19.4. The maximum Gasteiger partial charge on any atom is 0.490 e. The monoisotopic (exact) mass is 489 g/mol. The third kappa shape index (κ3) is 6.38. The Morgan fingerprint density at radius 2 is 1.77 bits per heavy atom. The molecule has 35 heavy (non-hydrogen) atoms. The normalized spacial score (nSPS) is 17.5. The highest BCUT2D eigenvalue weighted by molar-refractivity contribution is 5.92. The molecule has 8 nitrogen and oxygen atoms in total. The SMILES string of the molecule is Cc1ccc(-n2cc(C)cn2)c(NC(=O)N2CCC(N)(c3ccccc3)C2)c1.O=C(O)C(F)(F)F. The number of benzene rings is 2. The molecule has 2 heterocycles. The van der Waals surface area contributed by atoms with Gasteiger partial charge in [-0.15, -0.1) is 0 Å². The molecule has 4 rings (SSSR count). The summed E-state index contributed by atoms with van der Waals surface area (Å²) < 4.78 is 33.5. The quantitative estimate of drug-likeness (QED) is 0.510. The Kier molecular flexibility index (Phi) is 7.49. The van der Waals surface area contributed by atoms with Gasteiger partial charge in [-0.3, -0.25) is 0 Å². The van der Waals surface area contributed by atoms with Crippen LogP contribution in [0.2, 0.25) is 0 Å². The lowest BCUT2D eigenvalue weighted by molar-refractivity contribution is -0.192.